The summed E-state index contributed by atoms with van der Waals surface area (Å²) in [6, 6.07) is 15.4. The summed E-state index contributed by atoms with van der Waals surface area (Å²) in [5.41, 5.74) is 1.49. The summed E-state index contributed by atoms with van der Waals surface area (Å²) in [5.74, 6) is 0. The zero-order valence-corrected chi connectivity index (χ0v) is 13.1. The van der Waals surface area contributed by atoms with Gasteiger partial charge >= 0.3 is 0 Å². The van der Waals surface area contributed by atoms with Gasteiger partial charge in [0.2, 0.25) is 0 Å². The molecule has 4 rings (SSSR count). The molecule has 2 heterocycles. The third-order valence-electron chi connectivity index (χ3n) is 4.11. The molecule has 0 aromatic heterocycles. The predicted molar refractivity (Wildman–Crippen MR) is 90.7 cm³/mol. The zero-order chi connectivity index (χ0) is 13.4. The van der Waals surface area contributed by atoms with Crippen LogP contribution in [0.3, 0.4) is 0 Å². The van der Waals surface area contributed by atoms with Gasteiger partial charge in [0.25, 0.3) is 4.38 Å². The second-order valence-corrected chi connectivity index (χ2v) is 8.19. The molecular weight excluding hydrogens is 282 g/mol. The number of hydrogen-bond acceptors (Lipinski definition) is 2. The van der Waals surface area contributed by atoms with Gasteiger partial charge in [-0.1, -0.05) is 42.5 Å². The van der Waals surface area contributed by atoms with Gasteiger partial charge in [-0.15, -0.1) is 0 Å². The van der Waals surface area contributed by atoms with Crippen molar-refractivity contribution in [3.63, 3.8) is 0 Å². The van der Waals surface area contributed by atoms with E-state index in [9.17, 15) is 0 Å². The molecule has 0 radical (unpaired) electrons. The van der Waals surface area contributed by atoms with Gasteiger partial charge in [0.05, 0.1) is 4.58 Å². The number of hydrogen-bond donors (Lipinski definition) is 0. The van der Waals surface area contributed by atoms with Crippen molar-refractivity contribution >= 4 is 38.7 Å². The standard InChI is InChI=1S/C17H18NS2/c1-4-11-18(12-5-1)17-19-16(20-17)15-10-6-8-13-7-2-3-9-14(13)15/h2-3,6-10,16H,1,4-5,11-12H2/q+1. The van der Waals surface area contributed by atoms with Gasteiger partial charge in [-0.2, -0.15) is 0 Å². The Bertz CT molecular complexity index is 656. The number of benzene rings is 2. The van der Waals surface area contributed by atoms with E-state index in [1.165, 1.54) is 48.7 Å². The van der Waals surface area contributed by atoms with Crippen LogP contribution < -0.4 is 0 Å². The minimum Gasteiger partial charge on any atom is -0.219 e. The molecule has 20 heavy (non-hydrogen) atoms. The fourth-order valence-corrected chi connectivity index (χ4v) is 5.55. The van der Waals surface area contributed by atoms with E-state index in [0.717, 1.165) is 0 Å². The summed E-state index contributed by atoms with van der Waals surface area (Å²) in [7, 11) is 0. The molecule has 0 spiro atoms. The molecule has 2 aliphatic heterocycles. The fourth-order valence-electron chi connectivity index (χ4n) is 3.00. The van der Waals surface area contributed by atoms with E-state index in [-0.39, 0.29) is 0 Å². The highest BCUT2D eigenvalue weighted by atomic mass is 32.3. The van der Waals surface area contributed by atoms with Gasteiger partial charge in [-0.05, 0) is 46.3 Å². The summed E-state index contributed by atoms with van der Waals surface area (Å²) >= 11 is 4.11. The highest BCUT2D eigenvalue weighted by molar-refractivity contribution is 8.52. The Morgan fingerprint density at radius 2 is 1.60 bits per heavy atom. The molecule has 0 atom stereocenters. The number of nitrogens with zero attached hydrogens (tertiary/aromatic N) is 1. The molecular formula is C17H18NS2+. The molecule has 1 nitrogen and oxygen atoms in total. The first-order valence-electron chi connectivity index (χ1n) is 7.35. The summed E-state index contributed by atoms with van der Waals surface area (Å²) in [6.45, 7) is 2.52. The van der Waals surface area contributed by atoms with Crippen molar-refractivity contribution in [1.82, 2.24) is 0 Å². The van der Waals surface area contributed by atoms with Crippen LogP contribution in [0.5, 0.6) is 0 Å². The van der Waals surface area contributed by atoms with E-state index in [1.54, 1.807) is 4.38 Å². The maximum Gasteiger partial charge on any atom is 0.272 e. The molecule has 2 fully saturated rings. The Hall–Kier alpha value is -0.930. The molecule has 0 amide bonds. The van der Waals surface area contributed by atoms with Crippen LogP contribution in [-0.2, 0) is 0 Å². The van der Waals surface area contributed by atoms with Crippen LogP contribution in [0.15, 0.2) is 42.5 Å². The lowest BCUT2D eigenvalue weighted by molar-refractivity contribution is -0.532. The lowest BCUT2D eigenvalue weighted by atomic mass is 10.1. The van der Waals surface area contributed by atoms with Crippen molar-refractivity contribution in [2.24, 2.45) is 0 Å². The SMILES string of the molecule is c1ccc2c(C3SC(=[N+]4CCCCC4)S3)cccc2c1. The largest absolute Gasteiger partial charge is 0.272 e. The van der Waals surface area contributed by atoms with Crippen molar-refractivity contribution in [2.75, 3.05) is 13.1 Å². The van der Waals surface area contributed by atoms with Crippen molar-refractivity contribution in [1.29, 1.82) is 0 Å². The van der Waals surface area contributed by atoms with E-state index in [0.29, 0.717) is 4.58 Å². The Balaban J connectivity index is 1.60. The zero-order valence-electron chi connectivity index (χ0n) is 11.4. The van der Waals surface area contributed by atoms with Crippen molar-refractivity contribution in [3.8, 4) is 0 Å². The van der Waals surface area contributed by atoms with E-state index >= 15 is 0 Å². The molecule has 102 valence electrons. The van der Waals surface area contributed by atoms with Crippen LogP contribution in [0.25, 0.3) is 10.8 Å². The van der Waals surface area contributed by atoms with Crippen LogP contribution in [-0.4, -0.2) is 22.0 Å². The fraction of sp³-hybridized carbons (Fsp3) is 0.353. The quantitative estimate of drug-likeness (QED) is 0.691. The Labute approximate surface area is 128 Å². The summed E-state index contributed by atoms with van der Waals surface area (Å²) in [5, 5.41) is 2.77. The second kappa shape index (κ2) is 5.45. The molecule has 0 saturated carbocycles. The maximum absolute atomic E-state index is 2.58. The van der Waals surface area contributed by atoms with Crippen LogP contribution in [0.2, 0.25) is 0 Å². The lowest BCUT2D eigenvalue weighted by Gasteiger charge is -2.27. The molecule has 2 saturated heterocycles. The Kier molecular flexibility index (Phi) is 3.49. The first kappa shape index (κ1) is 12.8. The first-order valence-corrected chi connectivity index (χ1v) is 9.11. The average molecular weight is 300 g/mol. The number of thioether (sulfide) groups is 2. The van der Waals surface area contributed by atoms with E-state index in [2.05, 4.69) is 70.6 Å². The highest BCUT2D eigenvalue weighted by Crippen LogP contribution is 2.55. The molecule has 0 N–H and O–H groups in total. The normalized spacial score (nSPS) is 22.9. The molecule has 2 aromatic carbocycles. The number of fused-ring (bicyclic) bond motifs is 1. The first-order chi connectivity index (χ1) is 9.92. The third-order valence-corrected chi connectivity index (χ3v) is 7.12. The highest BCUT2D eigenvalue weighted by Gasteiger charge is 2.37. The molecule has 3 heteroatoms. The number of rotatable bonds is 1. The van der Waals surface area contributed by atoms with Crippen LogP contribution in [0.1, 0.15) is 29.4 Å². The Morgan fingerprint density at radius 1 is 0.850 bits per heavy atom. The molecule has 0 unspecified atom stereocenters. The van der Waals surface area contributed by atoms with E-state index in [4.69, 9.17) is 0 Å². The third kappa shape index (κ3) is 2.27. The monoisotopic (exact) mass is 300 g/mol. The minimum atomic E-state index is 0.582. The van der Waals surface area contributed by atoms with Gasteiger partial charge < -0.3 is 0 Å². The second-order valence-electron chi connectivity index (χ2n) is 5.45. The molecule has 2 aliphatic rings. The van der Waals surface area contributed by atoms with Crippen LogP contribution >= 0.6 is 23.5 Å². The molecule has 0 aliphatic carbocycles. The summed E-state index contributed by atoms with van der Waals surface area (Å²) < 4.78 is 4.71. The summed E-state index contributed by atoms with van der Waals surface area (Å²) in [6.07, 6.45) is 4.14. The minimum absolute atomic E-state index is 0.582. The van der Waals surface area contributed by atoms with Gasteiger partial charge in [-0.25, -0.2) is 4.58 Å². The van der Waals surface area contributed by atoms with Gasteiger partial charge in [0.1, 0.15) is 13.1 Å². The van der Waals surface area contributed by atoms with E-state index < -0.39 is 0 Å². The average Bonchev–Trinajstić information content (AvgIpc) is 2.47. The number of piperidine rings is 1. The predicted octanol–water partition coefficient (Wildman–Crippen LogP) is 4.87. The maximum atomic E-state index is 2.58. The van der Waals surface area contributed by atoms with Gasteiger partial charge in [0, 0.05) is 12.8 Å². The Morgan fingerprint density at radius 3 is 2.45 bits per heavy atom. The van der Waals surface area contributed by atoms with Gasteiger partial charge in [0.15, 0.2) is 0 Å². The van der Waals surface area contributed by atoms with Crippen molar-refractivity contribution < 1.29 is 4.58 Å². The lowest BCUT2D eigenvalue weighted by Crippen LogP contribution is -2.28. The van der Waals surface area contributed by atoms with Crippen molar-refractivity contribution in [3.05, 3.63) is 48.0 Å². The van der Waals surface area contributed by atoms with E-state index in [1.807, 2.05) is 0 Å². The topological polar surface area (TPSA) is 3.01 Å². The smallest absolute Gasteiger partial charge is 0.219 e. The van der Waals surface area contributed by atoms with Gasteiger partial charge in [-0.3, -0.25) is 0 Å². The summed E-state index contributed by atoms with van der Waals surface area (Å²) in [4.78, 5) is 0. The van der Waals surface area contributed by atoms with Crippen LogP contribution in [0, 0.1) is 0 Å². The molecule has 2 aromatic rings. The van der Waals surface area contributed by atoms with Crippen molar-refractivity contribution in [2.45, 2.75) is 23.8 Å². The molecule has 0 bridgehead atoms. The van der Waals surface area contributed by atoms with Crippen LogP contribution in [0.4, 0.5) is 0 Å².